The van der Waals surface area contributed by atoms with E-state index >= 15 is 0 Å². The molecular formula is C16H24BrNO. The highest BCUT2D eigenvalue weighted by Crippen LogP contribution is 2.45. The lowest BCUT2D eigenvalue weighted by Gasteiger charge is -2.27. The van der Waals surface area contributed by atoms with Crippen molar-refractivity contribution >= 4 is 15.9 Å². The van der Waals surface area contributed by atoms with E-state index < -0.39 is 0 Å². The van der Waals surface area contributed by atoms with E-state index in [9.17, 15) is 0 Å². The highest BCUT2D eigenvalue weighted by atomic mass is 79.9. The number of methoxy groups -OCH3 is 1. The molecule has 1 aliphatic rings. The summed E-state index contributed by atoms with van der Waals surface area (Å²) in [7, 11) is 3.82. The molecule has 0 heterocycles. The zero-order chi connectivity index (χ0) is 14.2. The lowest BCUT2D eigenvalue weighted by atomic mass is 9.83. The van der Waals surface area contributed by atoms with Crippen LogP contribution < -0.4 is 10.1 Å². The zero-order valence-corrected chi connectivity index (χ0v) is 14.1. The van der Waals surface area contributed by atoms with Gasteiger partial charge < -0.3 is 10.1 Å². The Bertz CT molecular complexity index is 482. The number of hydrogen-bond acceptors (Lipinski definition) is 2. The second-order valence-corrected chi connectivity index (χ2v) is 7.10. The predicted molar refractivity (Wildman–Crippen MR) is 84.0 cm³/mol. The van der Waals surface area contributed by atoms with Crippen molar-refractivity contribution in [2.75, 3.05) is 14.2 Å². The average Bonchev–Trinajstić information content (AvgIpc) is 2.50. The molecular weight excluding hydrogens is 302 g/mol. The predicted octanol–water partition coefficient (Wildman–Crippen LogP) is 4.39. The van der Waals surface area contributed by atoms with Gasteiger partial charge in [-0.1, -0.05) is 29.8 Å². The molecule has 106 valence electrons. The second kappa shape index (κ2) is 5.45. The van der Waals surface area contributed by atoms with Gasteiger partial charge in [0.25, 0.3) is 0 Å². The van der Waals surface area contributed by atoms with Gasteiger partial charge in [-0.05, 0) is 55.8 Å². The van der Waals surface area contributed by atoms with Crippen molar-refractivity contribution in [3.63, 3.8) is 0 Å². The number of halogens is 1. The van der Waals surface area contributed by atoms with E-state index in [2.05, 4.69) is 55.1 Å². The third-order valence-electron chi connectivity index (χ3n) is 4.28. The quantitative estimate of drug-likeness (QED) is 0.814. The van der Waals surface area contributed by atoms with E-state index in [1.54, 1.807) is 7.11 Å². The number of aryl methyl sites for hydroxylation is 1. The summed E-state index contributed by atoms with van der Waals surface area (Å²) >= 11 is 3.79. The van der Waals surface area contributed by atoms with Crippen molar-refractivity contribution in [2.24, 2.45) is 5.41 Å². The molecule has 1 aromatic carbocycles. The first-order valence-corrected chi connectivity index (χ1v) is 7.72. The highest BCUT2D eigenvalue weighted by molar-refractivity contribution is 9.10. The van der Waals surface area contributed by atoms with Crippen molar-refractivity contribution in [3.8, 4) is 5.75 Å². The molecule has 2 rings (SSSR count). The Kier molecular flexibility index (Phi) is 4.26. The van der Waals surface area contributed by atoms with Gasteiger partial charge in [-0.3, -0.25) is 0 Å². The lowest BCUT2D eigenvalue weighted by Crippen LogP contribution is -2.23. The third-order valence-corrected chi connectivity index (χ3v) is 5.33. The van der Waals surface area contributed by atoms with Gasteiger partial charge in [0.15, 0.2) is 0 Å². The summed E-state index contributed by atoms with van der Waals surface area (Å²) in [4.78, 5) is 0. The first-order chi connectivity index (χ1) is 8.89. The van der Waals surface area contributed by atoms with Crippen LogP contribution in [0.15, 0.2) is 10.5 Å². The molecule has 2 nitrogen and oxygen atoms in total. The summed E-state index contributed by atoms with van der Waals surface area (Å²) in [5.41, 5.74) is 4.36. The first-order valence-electron chi connectivity index (χ1n) is 6.92. The summed E-state index contributed by atoms with van der Waals surface area (Å²) in [5.74, 6) is 1.04. The van der Waals surface area contributed by atoms with Gasteiger partial charge in [-0.15, -0.1) is 0 Å². The van der Waals surface area contributed by atoms with Crippen LogP contribution in [0.5, 0.6) is 5.75 Å². The van der Waals surface area contributed by atoms with Crippen LogP contribution in [0, 0.1) is 12.3 Å². The van der Waals surface area contributed by atoms with Crippen LogP contribution in [0.3, 0.4) is 0 Å². The average molecular weight is 326 g/mol. The molecule has 3 heteroatoms. The van der Waals surface area contributed by atoms with Crippen molar-refractivity contribution in [1.29, 1.82) is 0 Å². The van der Waals surface area contributed by atoms with Gasteiger partial charge in [0, 0.05) is 16.1 Å². The number of hydrogen-bond donors (Lipinski definition) is 1. The molecule has 0 saturated heterocycles. The van der Waals surface area contributed by atoms with Crippen LogP contribution in [0.2, 0.25) is 0 Å². The van der Waals surface area contributed by atoms with E-state index in [0.29, 0.717) is 11.5 Å². The van der Waals surface area contributed by atoms with Crippen LogP contribution in [-0.4, -0.2) is 14.2 Å². The fourth-order valence-corrected chi connectivity index (χ4v) is 3.72. The molecule has 0 spiro atoms. The summed E-state index contributed by atoms with van der Waals surface area (Å²) < 4.78 is 6.85. The Balaban J connectivity index is 2.62. The molecule has 1 aromatic rings. The van der Waals surface area contributed by atoms with Gasteiger partial charge in [-0.25, -0.2) is 0 Å². The van der Waals surface area contributed by atoms with Crippen molar-refractivity contribution < 1.29 is 4.74 Å². The molecule has 1 atom stereocenters. The Morgan fingerprint density at radius 3 is 2.68 bits per heavy atom. The van der Waals surface area contributed by atoms with E-state index in [4.69, 9.17) is 4.74 Å². The van der Waals surface area contributed by atoms with Crippen LogP contribution in [0.4, 0.5) is 0 Å². The smallest absolute Gasteiger partial charge is 0.122 e. The number of fused-ring (bicyclic) bond motifs is 1. The van der Waals surface area contributed by atoms with Crippen LogP contribution in [0.1, 0.15) is 49.4 Å². The minimum Gasteiger partial charge on any atom is -0.496 e. The van der Waals surface area contributed by atoms with Crippen molar-refractivity contribution in [3.05, 3.63) is 27.2 Å². The Hall–Kier alpha value is -0.540. The summed E-state index contributed by atoms with van der Waals surface area (Å²) in [6.07, 6.45) is 3.44. The highest BCUT2D eigenvalue weighted by Gasteiger charge is 2.32. The molecule has 0 radical (unpaired) electrons. The van der Waals surface area contributed by atoms with Gasteiger partial charge in [0.1, 0.15) is 5.75 Å². The SMILES string of the molecule is CNC1CC(C)(C)CCc2c(OC)cc(C)c(Br)c21. The minimum atomic E-state index is 0.352. The van der Waals surface area contributed by atoms with Gasteiger partial charge >= 0.3 is 0 Å². The lowest BCUT2D eigenvalue weighted by molar-refractivity contribution is 0.279. The molecule has 0 amide bonds. The van der Waals surface area contributed by atoms with Gasteiger partial charge in [-0.2, -0.15) is 0 Å². The number of nitrogens with one attached hydrogen (secondary N) is 1. The summed E-state index contributed by atoms with van der Waals surface area (Å²) in [6, 6.07) is 2.53. The van der Waals surface area contributed by atoms with Crippen LogP contribution in [0.25, 0.3) is 0 Å². The fraction of sp³-hybridized carbons (Fsp3) is 0.625. The first kappa shape index (κ1) is 14.9. The molecule has 0 aromatic heterocycles. The van der Waals surface area contributed by atoms with Gasteiger partial charge in [0.2, 0.25) is 0 Å². The monoisotopic (exact) mass is 325 g/mol. The third kappa shape index (κ3) is 2.82. The van der Waals surface area contributed by atoms with Crippen LogP contribution >= 0.6 is 15.9 Å². The van der Waals surface area contributed by atoms with Gasteiger partial charge in [0.05, 0.1) is 7.11 Å². The normalized spacial score (nSPS) is 21.7. The molecule has 1 aliphatic carbocycles. The molecule has 1 unspecified atom stereocenters. The number of ether oxygens (including phenoxy) is 1. The molecule has 1 N–H and O–H groups in total. The second-order valence-electron chi connectivity index (χ2n) is 6.31. The minimum absolute atomic E-state index is 0.352. The van der Waals surface area contributed by atoms with Crippen LogP contribution in [-0.2, 0) is 6.42 Å². The molecule has 0 aliphatic heterocycles. The molecule has 0 fully saturated rings. The van der Waals surface area contributed by atoms with E-state index in [-0.39, 0.29) is 0 Å². The number of benzene rings is 1. The Morgan fingerprint density at radius 1 is 1.42 bits per heavy atom. The standard InChI is InChI=1S/C16H24BrNO/c1-10-8-13(19-5)11-6-7-16(2,3)9-12(18-4)14(11)15(10)17/h8,12,18H,6-7,9H2,1-5H3. The molecule has 0 saturated carbocycles. The molecule has 19 heavy (non-hydrogen) atoms. The fourth-order valence-electron chi connectivity index (χ4n) is 3.09. The summed E-state index contributed by atoms with van der Waals surface area (Å²) in [5, 5.41) is 3.49. The van der Waals surface area contributed by atoms with Crippen molar-refractivity contribution in [1.82, 2.24) is 5.32 Å². The molecule has 0 bridgehead atoms. The Labute approximate surface area is 125 Å². The van der Waals surface area contributed by atoms with E-state index in [1.807, 2.05) is 0 Å². The zero-order valence-electron chi connectivity index (χ0n) is 12.6. The summed E-state index contributed by atoms with van der Waals surface area (Å²) in [6.45, 7) is 6.85. The van der Waals surface area contributed by atoms with E-state index in [1.165, 1.54) is 27.6 Å². The van der Waals surface area contributed by atoms with E-state index in [0.717, 1.165) is 18.6 Å². The number of rotatable bonds is 2. The maximum atomic E-state index is 5.62. The Morgan fingerprint density at radius 2 is 2.11 bits per heavy atom. The maximum Gasteiger partial charge on any atom is 0.122 e. The maximum absolute atomic E-state index is 5.62. The van der Waals surface area contributed by atoms with Crippen molar-refractivity contribution in [2.45, 2.75) is 46.1 Å². The topological polar surface area (TPSA) is 21.3 Å². The largest absolute Gasteiger partial charge is 0.496 e.